The van der Waals surface area contributed by atoms with E-state index in [1.165, 1.54) is 0 Å². The van der Waals surface area contributed by atoms with Gasteiger partial charge in [0.2, 0.25) is 0 Å². The first-order valence-electron chi connectivity index (χ1n) is 8.56. The van der Waals surface area contributed by atoms with Gasteiger partial charge >= 0.3 is 0 Å². The highest BCUT2D eigenvalue weighted by molar-refractivity contribution is 5.98. The largest absolute Gasteiger partial charge is 0.493 e. The summed E-state index contributed by atoms with van der Waals surface area (Å²) >= 11 is 0. The lowest BCUT2D eigenvalue weighted by molar-refractivity contribution is 0.0638. The van der Waals surface area contributed by atoms with Gasteiger partial charge in [0.1, 0.15) is 0 Å². The predicted octanol–water partition coefficient (Wildman–Crippen LogP) is 4.52. The van der Waals surface area contributed by atoms with Crippen LogP contribution in [0.15, 0.2) is 18.2 Å². The molecule has 0 radical (unpaired) electrons. The van der Waals surface area contributed by atoms with Crippen LogP contribution in [0.25, 0.3) is 0 Å². The molecule has 23 heavy (non-hydrogen) atoms. The van der Waals surface area contributed by atoms with Crippen molar-refractivity contribution in [1.29, 1.82) is 0 Å². The topological polar surface area (TPSA) is 38.8 Å². The molecule has 0 saturated carbocycles. The van der Waals surface area contributed by atoms with Gasteiger partial charge in [-0.1, -0.05) is 25.8 Å². The maximum Gasteiger partial charge on any atom is 0.258 e. The van der Waals surface area contributed by atoms with E-state index >= 15 is 0 Å². The Morgan fingerprint density at radius 2 is 1.78 bits per heavy atom. The van der Waals surface area contributed by atoms with E-state index in [-0.39, 0.29) is 18.0 Å². The van der Waals surface area contributed by atoms with E-state index in [0.717, 1.165) is 19.3 Å². The minimum absolute atomic E-state index is 0.0145. The van der Waals surface area contributed by atoms with Crippen molar-refractivity contribution in [3.8, 4) is 11.5 Å². The molecule has 0 aliphatic heterocycles. The number of hydrogen-bond acceptors (Lipinski definition) is 3. The van der Waals surface area contributed by atoms with E-state index < -0.39 is 0 Å². The number of para-hydroxylation sites is 1. The van der Waals surface area contributed by atoms with Crippen molar-refractivity contribution in [3.05, 3.63) is 23.8 Å². The Labute approximate surface area is 140 Å². The molecular weight excluding hydrogens is 290 g/mol. The monoisotopic (exact) mass is 321 g/mol. The zero-order valence-corrected chi connectivity index (χ0v) is 15.4. The maximum atomic E-state index is 13.0. The average molecular weight is 321 g/mol. The fourth-order valence-corrected chi connectivity index (χ4v) is 2.72. The van der Waals surface area contributed by atoms with Gasteiger partial charge in [-0.15, -0.1) is 0 Å². The second-order valence-electron chi connectivity index (χ2n) is 6.29. The van der Waals surface area contributed by atoms with Crippen molar-refractivity contribution >= 4 is 5.91 Å². The number of nitrogens with zero attached hydrogens (tertiary/aromatic N) is 1. The van der Waals surface area contributed by atoms with Gasteiger partial charge in [-0.05, 0) is 46.2 Å². The molecule has 0 unspecified atom stereocenters. The van der Waals surface area contributed by atoms with Crippen LogP contribution in [0.2, 0.25) is 0 Å². The lowest BCUT2D eigenvalue weighted by Gasteiger charge is -2.31. The molecule has 0 saturated heterocycles. The van der Waals surface area contributed by atoms with Crippen LogP contribution < -0.4 is 9.47 Å². The highest BCUT2D eigenvalue weighted by atomic mass is 16.5. The van der Waals surface area contributed by atoms with Gasteiger partial charge in [0.05, 0.1) is 19.3 Å². The Bertz CT molecular complexity index is 489. The highest BCUT2D eigenvalue weighted by Crippen LogP contribution is 2.33. The number of carbonyl (C=O) groups is 1. The Hall–Kier alpha value is -1.71. The Balaban J connectivity index is 3.11. The Morgan fingerprint density at radius 1 is 1.13 bits per heavy atom. The number of ether oxygens (including phenoxy) is 2. The number of hydrogen-bond donors (Lipinski definition) is 0. The van der Waals surface area contributed by atoms with Crippen LogP contribution in [0.5, 0.6) is 11.5 Å². The molecule has 0 aliphatic carbocycles. The van der Waals surface area contributed by atoms with Crippen molar-refractivity contribution in [1.82, 2.24) is 4.90 Å². The van der Waals surface area contributed by atoms with Crippen molar-refractivity contribution in [2.75, 3.05) is 13.7 Å². The van der Waals surface area contributed by atoms with Gasteiger partial charge in [0.15, 0.2) is 11.5 Å². The summed E-state index contributed by atoms with van der Waals surface area (Å²) in [6.07, 6.45) is 3.22. The zero-order chi connectivity index (χ0) is 17.4. The summed E-state index contributed by atoms with van der Waals surface area (Å²) in [7, 11) is 1.60. The second-order valence-corrected chi connectivity index (χ2v) is 6.29. The fraction of sp³-hybridized carbons (Fsp3) is 0.632. The van der Waals surface area contributed by atoms with Crippen LogP contribution in [0, 0.1) is 0 Å². The maximum absolute atomic E-state index is 13.0. The van der Waals surface area contributed by atoms with Gasteiger partial charge in [-0.3, -0.25) is 4.79 Å². The third kappa shape index (κ3) is 5.15. The third-order valence-electron chi connectivity index (χ3n) is 3.77. The van der Waals surface area contributed by atoms with Crippen LogP contribution in [0.4, 0.5) is 0 Å². The van der Waals surface area contributed by atoms with Gasteiger partial charge in [0, 0.05) is 12.1 Å². The van der Waals surface area contributed by atoms with E-state index in [1.807, 2.05) is 50.8 Å². The first-order chi connectivity index (χ1) is 10.9. The number of rotatable bonds is 9. The first-order valence-corrected chi connectivity index (χ1v) is 8.56. The first kappa shape index (κ1) is 19.3. The standard InChI is InChI=1S/C19H31NO3/c1-7-8-9-13-23-18-16(11-10-12-17(18)22-6)19(21)20(14(2)3)15(4)5/h10-12,14-15H,7-9,13H2,1-6H3. The van der Waals surface area contributed by atoms with Crippen molar-refractivity contribution in [2.24, 2.45) is 0 Å². The number of methoxy groups -OCH3 is 1. The summed E-state index contributed by atoms with van der Waals surface area (Å²) in [6, 6.07) is 5.74. The van der Waals surface area contributed by atoms with Crippen LogP contribution in [0.3, 0.4) is 0 Å². The molecule has 0 bridgehead atoms. The molecule has 1 amide bonds. The Kier molecular flexibility index (Phi) is 7.93. The van der Waals surface area contributed by atoms with E-state index in [4.69, 9.17) is 9.47 Å². The number of unbranched alkanes of at least 4 members (excludes halogenated alkanes) is 2. The fourth-order valence-electron chi connectivity index (χ4n) is 2.72. The normalized spacial score (nSPS) is 11.0. The summed E-state index contributed by atoms with van der Waals surface area (Å²) < 4.78 is 11.3. The minimum atomic E-state index is -0.0145. The van der Waals surface area contributed by atoms with Crippen LogP contribution in [-0.2, 0) is 0 Å². The SMILES string of the molecule is CCCCCOc1c(OC)cccc1C(=O)N(C(C)C)C(C)C. The van der Waals surface area contributed by atoms with Gasteiger partial charge in [-0.25, -0.2) is 0 Å². The lowest BCUT2D eigenvalue weighted by atomic mass is 10.1. The minimum Gasteiger partial charge on any atom is -0.493 e. The van der Waals surface area contributed by atoms with Crippen LogP contribution >= 0.6 is 0 Å². The molecule has 0 fully saturated rings. The van der Waals surface area contributed by atoms with E-state index in [0.29, 0.717) is 23.7 Å². The van der Waals surface area contributed by atoms with Crippen molar-refractivity contribution < 1.29 is 14.3 Å². The smallest absolute Gasteiger partial charge is 0.258 e. The van der Waals surface area contributed by atoms with Crippen molar-refractivity contribution in [3.63, 3.8) is 0 Å². The molecule has 0 aliphatic rings. The summed E-state index contributed by atoms with van der Waals surface area (Å²) in [6.45, 7) is 10.9. The van der Waals surface area contributed by atoms with Crippen LogP contribution in [0.1, 0.15) is 64.2 Å². The summed E-state index contributed by atoms with van der Waals surface area (Å²) in [5, 5.41) is 0. The Morgan fingerprint density at radius 3 is 2.30 bits per heavy atom. The molecule has 4 heteroatoms. The molecule has 4 nitrogen and oxygen atoms in total. The molecule has 0 aromatic heterocycles. The molecule has 0 heterocycles. The average Bonchev–Trinajstić information content (AvgIpc) is 2.50. The molecule has 130 valence electrons. The van der Waals surface area contributed by atoms with E-state index in [1.54, 1.807) is 7.11 Å². The van der Waals surface area contributed by atoms with Crippen molar-refractivity contribution in [2.45, 2.75) is 66.0 Å². The van der Waals surface area contributed by atoms with E-state index in [9.17, 15) is 4.79 Å². The van der Waals surface area contributed by atoms with Crippen LogP contribution in [-0.4, -0.2) is 36.6 Å². The summed E-state index contributed by atoms with van der Waals surface area (Å²) in [5.41, 5.74) is 0.572. The number of amides is 1. The quantitative estimate of drug-likeness (QED) is 0.628. The van der Waals surface area contributed by atoms with E-state index in [2.05, 4.69) is 6.92 Å². The second kappa shape index (κ2) is 9.43. The molecule has 1 rings (SSSR count). The molecular formula is C19H31NO3. The zero-order valence-electron chi connectivity index (χ0n) is 15.4. The van der Waals surface area contributed by atoms with Gasteiger partial charge in [-0.2, -0.15) is 0 Å². The summed E-state index contributed by atoms with van der Waals surface area (Å²) in [5.74, 6) is 1.15. The predicted molar refractivity (Wildman–Crippen MR) is 94.5 cm³/mol. The van der Waals surface area contributed by atoms with Gasteiger partial charge < -0.3 is 14.4 Å². The third-order valence-corrected chi connectivity index (χ3v) is 3.77. The molecule has 1 aromatic rings. The molecule has 0 atom stereocenters. The molecule has 0 N–H and O–H groups in total. The number of carbonyl (C=O) groups excluding carboxylic acids is 1. The number of benzene rings is 1. The molecule has 0 spiro atoms. The lowest BCUT2D eigenvalue weighted by Crippen LogP contribution is -2.42. The highest BCUT2D eigenvalue weighted by Gasteiger charge is 2.26. The summed E-state index contributed by atoms with van der Waals surface area (Å²) in [4.78, 5) is 14.9. The molecule has 1 aromatic carbocycles. The van der Waals surface area contributed by atoms with Gasteiger partial charge in [0.25, 0.3) is 5.91 Å².